The number of aryl methyl sites for hydroxylation is 1. The highest BCUT2D eigenvalue weighted by Gasteiger charge is 2.10. The molecule has 4 nitrogen and oxygen atoms in total. The van der Waals surface area contributed by atoms with Crippen molar-refractivity contribution in [2.24, 2.45) is 7.05 Å². The van der Waals surface area contributed by atoms with Crippen LogP contribution in [0.25, 0.3) is 22.2 Å². The molecule has 0 aliphatic rings. The molecule has 2 aromatic heterocycles. The predicted molar refractivity (Wildman–Crippen MR) is 58.8 cm³/mol. The number of rotatable bonds is 0. The van der Waals surface area contributed by atoms with Crippen molar-refractivity contribution in [1.82, 2.24) is 19.7 Å². The second-order valence-electron chi connectivity index (χ2n) is 3.30. The average molecular weight is 219 g/mol. The summed E-state index contributed by atoms with van der Waals surface area (Å²) in [6.07, 6.45) is 0. The molecular weight excluding hydrogens is 212 g/mol. The Kier molecular flexibility index (Phi) is 1.67. The molecule has 15 heavy (non-hydrogen) atoms. The van der Waals surface area contributed by atoms with Gasteiger partial charge < -0.3 is 0 Å². The Hall–Kier alpha value is -1.68. The van der Waals surface area contributed by atoms with Crippen LogP contribution in [0.4, 0.5) is 0 Å². The third kappa shape index (κ3) is 1.18. The van der Waals surface area contributed by atoms with Gasteiger partial charge in [-0.3, -0.25) is 0 Å². The maximum absolute atomic E-state index is 5.94. The highest BCUT2D eigenvalue weighted by molar-refractivity contribution is 6.33. The molecule has 0 spiro atoms. The Bertz CT molecular complexity index is 603. The lowest BCUT2D eigenvalue weighted by atomic mass is 10.3. The van der Waals surface area contributed by atoms with Crippen LogP contribution in [0.15, 0.2) is 24.3 Å². The van der Waals surface area contributed by atoms with Crippen LogP contribution in [0.3, 0.4) is 0 Å². The fraction of sp³-hybridized carbons (Fsp3) is 0.100. The summed E-state index contributed by atoms with van der Waals surface area (Å²) in [5.74, 6) is 0. The van der Waals surface area contributed by atoms with Crippen molar-refractivity contribution in [2.75, 3.05) is 0 Å². The van der Waals surface area contributed by atoms with E-state index in [0.717, 1.165) is 11.0 Å². The number of aromatic nitrogens is 4. The van der Waals surface area contributed by atoms with Gasteiger partial charge in [0.15, 0.2) is 10.8 Å². The SMILES string of the molecule is Cn1nc(Cl)c2nc3ccccc3nc21. The smallest absolute Gasteiger partial charge is 0.179 e. The third-order valence-corrected chi connectivity index (χ3v) is 2.55. The second kappa shape index (κ2) is 2.90. The number of hydrogen-bond donors (Lipinski definition) is 0. The normalized spacial score (nSPS) is 11.3. The molecule has 0 atom stereocenters. The predicted octanol–water partition coefficient (Wildman–Crippen LogP) is 2.17. The highest BCUT2D eigenvalue weighted by atomic mass is 35.5. The summed E-state index contributed by atoms with van der Waals surface area (Å²) in [5.41, 5.74) is 3.04. The molecule has 0 saturated heterocycles. The molecule has 5 heteroatoms. The summed E-state index contributed by atoms with van der Waals surface area (Å²) in [5, 5.41) is 4.46. The van der Waals surface area contributed by atoms with E-state index in [-0.39, 0.29) is 0 Å². The number of halogens is 1. The summed E-state index contributed by atoms with van der Waals surface area (Å²) < 4.78 is 1.64. The minimum Gasteiger partial charge on any atom is -0.248 e. The fourth-order valence-electron chi connectivity index (χ4n) is 1.58. The van der Waals surface area contributed by atoms with Gasteiger partial charge in [0.2, 0.25) is 0 Å². The molecule has 3 aromatic rings. The summed E-state index contributed by atoms with van der Waals surface area (Å²) >= 11 is 5.94. The van der Waals surface area contributed by atoms with Crippen molar-refractivity contribution in [1.29, 1.82) is 0 Å². The monoisotopic (exact) mass is 218 g/mol. The van der Waals surface area contributed by atoms with E-state index in [4.69, 9.17) is 11.6 Å². The number of para-hydroxylation sites is 2. The Morgan fingerprint density at radius 1 is 1.13 bits per heavy atom. The van der Waals surface area contributed by atoms with E-state index in [2.05, 4.69) is 15.1 Å². The van der Waals surface area contributed by atoms with E-state index >= 15 is 0 Å². The lowest BCUT2D eigenvalue weighted by molar-refractivity contribution is 0.788. The molecule has 2 heterocycles. The lowest BCUT2D eigenvalue weighted by Crippen LogP contribution is -1.93. The summed E-state index contributed by atoms with van der Waals surface area (Å²) in [4.78, 5) is 8.87. The third-order valence-electron chi connectivity index (χ3n) is 2.29. The quantitative estimate of drug-likeness (QED) is 0.581. The van der Waals surface area contributed by atoms with E-state index in [1.807, 2.05) is 24.3 Å². The van der Waals surface area contributed by atoms with Gasteiger partial charge >= 0.3 is 0 Å². The maximum Gasteiger partial charge on any atom is 0.179 e. The van der Waals surface area contributed by atoms with Crippen molar-refractivity contribution in [2.45, 2.75) is 0 Å². The largest absolute Gasteiger partial charge is 0.248 e. The van der Waals surface area contributed by atoms with E-state index in [9.17, 15) is 0 Å². The molecule has 1 aromatic carbocycles. The van der Waals surface area contributed by atoms with E-state index in [1.54, 1.807) is 11.7 Å². The van der Waals surface area contributed by atoms with Crippen LogP contribution < -0.4 is 0 Å². The maximum atomic E-state index is 5.94. The standard InChI is InChI=1S/C10H7ClN4/c1-15-10-8(9(11)14-15)12-6-4-2-3-5-7(6)13-10/h2-5H,1H3. The van der Waals surface area contributed by atoms with Crippen molar-refractivity contribution in [3.05, 3.63) is 29.4 Å². The zero-order valence-electron chi connectivity index (χ0n) is 7.98. The van der Waals surface area contributed by atoms with Gasteiger partial charge in [-0.15, -0.1) is 0 Å². The van der Waals surface area contributed by atoms with Crippen LogP contribution in [-0.4, -0.2) is 19.7 Å². The van der Waals surface area contributed by atoms with E-state index in [1.165, 1.54) is 0 Å². The van der Waals surface area contributed by atoms with Crippen LogP contribution in [0, 0.1) is 0 Å². The van der Waals surface area contributed by atoms with Gasteiger partial charge in [-0.05, 0) is 12.1 Å². The first kappa shape index (κ1) is 8.61. The van der Waals surface area contributed by atoms with Crippen LogP contribution in [0.5, 0.6) is 0 Å². The molecule has 0 aliphatic carbocycles. The van der Waals surface area contributed by atoms with Crippen LogP contribution in [0.1, 0.15) is 0 Å². The highest BCUT2D eigenvalue weighted by Crippen LogP contribution is 2.21. The number of hydrogen-bond acceptors (Lipinski definition) is 3. The fourth-order valence-corrected chi connectivity index (χ4v) is 1.82. The number of fused-ring (bicyclic) bond motifs is 2. The topological polar surface area (TPSA) is 43.6 Å². The average Bonchev–Trinajstić information content (AvgIpc) is 2.52. The Morgan fingerprint density at radius 3 is 2.53 bits per heavy atom. The number of nitrogens with zero attached hydrogens (tertiary/aromatic N) is 4. The molecule has 0 unspecified atom stereocenters. The molecular formula is C10H7ClN4. The van der Waals surface area contributed by atoms with Gasteiger partial charge in [0.25, 0.3) is 0 Å². The Morgan fingerprint density at radius 2 is 1.80 bits per heavy atom. The Labute approximate surface area is 90.5 Å². The van der Waals surface area contributed by atoms with E-state index in [0.29, 0.717) is 16.3 Å². The van der Waals surface area contributed by atoms with Crippen LogP contribution in [-0.2, 0) is 7.05 Å². The van der Waals surface area contributed by atoms with Crippen LogP contribution >= 0.6 is 11.6 Å². The number of benzene rings is 1. The summed E-state index contributed by atoms with van der Waals surface area (Å²) in [6.45, 7) is 0. The molecule has 0 N–H and O–H groups in total. The minimum absolute atomic E-state index is 0.394. The van der Waals surface area contributed by atoms with Gasteiger partial charge in [-0.1, -0.05) is 23.7 Å². The molecule has 0 aliphatic heterocycles. The summed E-state index contributed by atoms with van der Waals surface area (Å²) in [6, 6.07) is 7.68. The first-order valence-electron chi connectivity index (χ1n) is 4.51. The zero-order chi connectivity index (χ0) is 10.4. The molecule has 0 radical (unpaired) electrons. The van der Waals surface area contributed by atoms with Gasteiger partial charge in [0, 0.05) is 7.05 Å². The molecule has 0 bridgehead atoms. The van der Waals surface area contributed by atoms with Crippen LogP contribution in [0.2, 0.25) is 5.15 Å². The van der Waals surface area contributed by atoms with Crippen molar-refractivity contribution < 1.29 is 0 Å². The van der Waals surface area contributed by atoms with Gasteiger partial charge in [0.05, 0.1) is 11.0 Å². The first-order valence-corrected chi connectivity index (χ1v) is 4.88. The van der Waals surface area contributed by atoms with Crippen molar-refractivity contribution in [3.63, 3.8) is 0 Å². The van der Waals surface area contributed by atoms with Gasteiger partial charge in [-0.25, -0.2) is 14.6 Å². The van der Waals surface area contributed by atoms with Gasteiger partial charge in [0.1, 0.15) is 5.52 Å². The minimum atomic E-state index is 0.394. The molecule has 0 saturated carbocycles. The van der Waals surface area contributed by atoms with Crippen molar-refractivity contribution in [3.8, 4) is 0 Å². The Balaban J connectivity index is 2.55. The van der Waals surface area contributed by atoms with Gasteiger partial charge in [-0.2, -0.15) is 5.10 Å². The van der Waals surface area contributed by atoms with Crippen molar-refractivity contribution >= 4 is 33.8 Å². The second-order valence-corrected chi connectivity index (χ2v) is 3.66. The molecule has 0 fully saturated rings. The first-order chi connectivity index (χ1) is 7.25. The lowest BCUT2D eigenvalue weighted by Gasteiger charge is -1.96. The zero-order valence-corrected chi connectivity index (χ0v) is 8.73. The molecule has 74 valence electrons. The summed E-state index contributed by atoms with van der Waals surface area (Å²) in [7, 11) is 1.80. The van der Waals surface area contributed by atoms with E-state index < -0.39 is 0 Å². The molecule has 0 amide bonds. The molecule has 3 rings (SSSR count).